The third-order valence-corrected chi connectivity index (χ3v) is 9.34. The lowest BCUT2D eigenvalue weighted by Crippen LogP contribution is -2.37. The largest absolute Gasteiger partial charge is 0.496 e. The predicted molar refractivity (Wildman–Crippen MR) is 160 cm³/mol. The molecule has 0 aliphatic carbocycles. The van der Waals surface area contributed by atoms with Crippen LogP contribution < -0.4 is 14.2 Å². The number of hydrogen-bond acceptors (Lipinski definition) is 10. The van der Waals surface area contributed by atoms with Crippen LogP contribution in [0.3, 0.4) is 0 Å². The van der Waals surface area contributed by atoms with Crippen LogP contribution in [0.1, 0.15) is 39.8 Å². The summed E-state index contributed by atoms with van der Waals surface area (Å²) in [5, 5.41) is 8.92. The van der Waals surface area contributed by atoms with Gasteiger partial charge in [-0.05, 0) is 42.4 Å². The highest BCUT2D eigenvalue weighted by atomic mass is 32.1. The summed E-state index contributed by atoms with van der Waals surface area (Å²) in [6.45, 7) is 1.77. The van der Waals surface area contributed by atoms with E-state index in [0.717, 1.165) is 47.6 Å². The fourth-order valence-electron chi connectivity index (χ4n) is 5.19. The first kappa shape index (κ1) is 26.5. The highest BCUT2D eigenvalue weighted by molar-refractivity contribution is 7.18. The van der Waals surface area contributed by atoms with Crippen LogP contribution in [0, 0.1) is 0 Å². The molecule has 6 aromatic rings. The van der Waals surface area contributed by atoms with Crippen molar-refractivity contribution in [2.24, 2.45) is 0 Å². The molecule has 5 heterocycles. The number of amides is 1. The molecule has 12 heteroatoms. The van der Waals surface area contributed by atoms with E-state index in [1.165, 1.54) is 11.3 Å². The minimum Gasteiger partial charge on any atom is -0.496 e. The molecule has 7 rings (SSSR count). The Hall–Kier alpha value is -4.42. The number of hydrogen-bond donors (Lipinski definition) is 0. The number of carbonyl (C=O) groups excluding carboxylic acids is 1. The lowest BCUT2D eigenvalue weighted by Gasteiger charge is -2.31. The van der Waals surface area contributed by atoms with E-state index in [1.807, 2.05) is 58.8 Å². The van der Waals surface area contributed by atoms with Gasteiger partial charge >= 0.3 is 0 Å². The monoisotopic (exact) mass is 601 g/mol. The van der Waals surface area contributed by atoms with Gasteiger partial charge in [-0.15, -0.1) is 16.4 Å². The minimum atomic E-state index is 0.0956. The Morgan fingerprint density at radius 2 is 1.93 bits per heavy atom. The van der Waals surface area contributed by atoms with E-state index >= 15 is 0 Å². The van der Waals surface area contributed by atoms with Gasteiger partial charge in [-0.1, -0.05) is 18.2 Å². The Kier molecular flexibility index (Phi) is 7.00. The van der Waals surface area contributed by atoms with Crippen molar-refractivity contribution in [2.45, 2.75) is 25.4 Å². The van der Waals surface area contributed by atoms with Gasteiger partial charge in [-0.25, -0.2) is 9.97 Å². The zero-order valence-corrected chi connectivity index (χ0v) is 24.6. The molecule has 2 aromatic carbocycles. The van der Waals surface area contributed by atoms with Gasteiger partial charge in [0.25, 0.3) is 11.1 Å². The van der Waals surface area contributed by atoms with Gasteiger partial charge in [0.15, 0.2) is 5.76 Å². The highest BCUT2D eigenvalue weighted by Gasteiger charge is 2.26. The molecule has 1 aliphatic rings. The first-order valence-electron chi connectivity index (χ1n) is 13.5. The number of likely N-dealkylation sites (tertiary alicyclic amines) is 1. The molecule has 0 saturated carbocycles. The summed E-state index contributed by atoms with van der Waals surface area (Å²) >= 11 is 3.01. The zero-order chi connectivity index (χ0) is 28.6. The molecular weight excluding hydrogens is 574 g/mol. The number of furan rings is 1. The summed E-state index contributed by atoms with van der Waals surface area (Å²) in [7, 11) is 3.19. The van der Waals surface area contributed by atoms with E-state index in [-0.39, 0.29) is 5.91 Å². The Labute approximate surface area is 249 Å². The van der Waals surface area contributed by atoms with Gasteiger partial charge in [0.1, 0.15) is 29.4 Å². The second-order valence-corrected chi connectivity index (χ2v) is 11.8. The van der Waals surface area contributed by atoms with E-state index < -0.39 is 0 Å². The molecule has 1 amide bonds. The first-order chi connectivity index (χ1) is 20.6. The molecule has 0 bridgehead atoms. The number of imidazole rings is 1. The maximum Gasteiger partial charge on any atom is 0.294 e. The van der Waals surface area contributed by atoms with E-state index in [1.54, 1.807) is 36.3 Å². The van der Waals surface area contributed by atoms with E-state index in [0.29, 0.717) is 51.2 Å². The maximum atomic E-state index is 12.8. The van der Waals surface area contributed by atoms with Gasteiger partial charge < -0.3 is 23.5 Å². The Balaban J connectivity index is 1.05. The van der Waals surface area contributed by atoms with Crippen molar-refractivity contribution in [3.05, 3.63) is 76.4 Å². The number of carbonyl (C=O) groups is 1. The Morgan fingerprint density at radius 1 is 1.10 bits per heavy atom. The number of methoxy groups -OCH3 is 2. The lowest BCUT2D eigenvalue weighted by molar-refractivity contribution is 0.0713. The summed E-state index contributed by atoms with van der Waals surface area (Å²) in [6, 6.07) is 15.1. The zero-order valence-electron chi connectivity index (χ0n) is 23.0. The second-order valence-electron chi connectivity index (χ2n) is 9.96. The number of thiazole rings is 1. The van der Waals surface area contributed by atoms with Crippen molar-refractivity contribution in [2.75, 3.05) is 27.3 Å². The normalized spacial score (nSPS) is 14.1. The molecule has 0 atom stereocenters. The molecule has 1 saturated heterocycles. The molecule has 1 fully saturated rings. The van der Waals surface area contributed by atoms with Gasteiger partial charge in [-0.3, -0.25) is 4.79 Å². The van der Waals surface area contributed by atoms with Crippen LogP contribution in [0.25, 0.3) is 27.4 Å². The Morgan fingerprint density at radius 3 is 2.71 bits per heavy atom. The molecule has 10 nitrogen and oxygen atoms in total. The van der Waals surface area contributed by atoms with Crippen LogP contribution in [0.5, 0.6) is 16.7 Å². The molecule has 0 unspecified atom stereocenters. The SMILES string of the molecule is COc1cc(OCc2csc(C3CCN(C(=O)c4ccccc4)CC3)n2)c2cc(-c3cnc4sc(OC)nn34)oc2c1. The number of rotatable bonds is 8. The molecule has 0 spiro atoms. The van der Waals surface area contributed by atoms with Gasteiger partial charge in [0.05, 0.1) is 36.5 Å². The quantitative estimate of drug-likeness (QED) is 0.201. The molecule has 4 aromatic heterocycles. The van der Waals surface area contributed by atoms with Gasteiger partial charge in [0, 0.05) is 42.1 Å². The van der Waals surface area contributed by atoms with Crippen molar-refractivity contribution in [3.8, 4) is 28.1 Å². The lowest BCUT2D eigenvalue weighted by atomic mass is 9.97. The Bertz CT molecular complexity index is 1870. The van der Waals surface area contributed by atoms with Crippen LogP contribution in [0.4, 0.5) is 0 Å². The summed E-state index contributed by atoms with van der Waals surface area (Å²) in [5.74, 6) is 2.30. The van der Waals surface area contributed by atoms with Crippen molar-refractivity contribution in [3.63, 3.8) is 0 Å². The van der Waals surface area contributed by atoms with Crippen LogP contribution in [-0.2, 0) is 6.61 Å². The minimum absolute atomic E-state index is 0.0956. The third-order valence-electron chi connectivity index (χ3n) is 7.40. The highest BCUT2D eigenvalue weighted by Crippen LogP contribution is 2.38. The van der Waals surface area contributed by atoms with Gasteiger partial charge in [0.2, 0.25) is 4.96 Å². The molecule has 214 valence electrons. The van der Waals surface area contributed by atoms with Crippen molar-refractivity contribution < 1.29 is 23.4 Å². The molecule has 0 radical (unpaired) electrons. The summed E-state index contributed by atoms with van der Waals surface area (Å²) in [5.41, 5.74) is 2.95. The third kappa shape index (κ3) is 4.96. The van der Waals surface area contributed by atoms with Crippen molar-refractivity contribution in [1.29, 1.82) is 0 Å². The second kappa shape index (κ2) is 11.1. The predicted octanol–water partition coefficient (Wildman–Crippen LogP) is 6.28. The van der Waals surface area contributed by atoms with E-state index in [2.05, 4.69) is 10.1 Å². The molecule has 42 heavy (non-hydrogen) atoms. The van der Waals surface area contributed by atoms with Crippen LogP contribution in [0.2, 0.25) is 0 Å². The standard InChI is InChI=1S/C30H27N5O5S2/c1-37-21-12-24(22-14-26(40-25(22)13-21)23-15-31-29-35(23)33-30(38-2)42-29)39-16-20-17-41-27(32-20)18-8-10-34(11-9-18)28(36)19-6-4-3-5-7-19/h3-7,12-15,17-18H,8-11,16H2,1-2H3. The smallest absolute Gasteiger partial charge is 0.294 e. The van der Waals surface area contributed by atoms with E-state index in [4.69, 9.17) is 23.6 Å². The average molecular weight is 602 g/mol. The summed E-state index contributed by atoms with van der Waals surface area (Å²) in [4.78, 5) is 24.8. The van der Waals surface area contributed by atoms with Crippen molar-refractivity contribution >= 4 is 44.5 Å². The number of aromatic nitrogens is 4. The van der Waals surface area contributed by atoms with Gasteiger partial charge in [-0.2, -0.15) is 4.52 Å². The number of ether oxygens (including phenoxy) is 3. The van der Waals surface area contributed by atoms with Crippen LogP contribution >= 0.6 is 22.7 Å². The molecular formula is C30H27N5O5S2. The number of benzene rings is 2. The maximum absolute atomic E-state index is 12.8. The summed E-state index contributed by atoms with van der Waals surface area (Å²) in [6.07, 6.45) is 3.52. The van der Waals surface area contributed by atoms with E-state index in [9.17, 15) is 4.79 Å². The number of fused-ring (bicyclic) bond motifs is 2. The number of piperidine rings is 1. The fourth-order valence-corrected chi connectivity index (χ4v) is 6.86. The molecule has 0 N–H and O–H groups in total. The summed E-state index contributed by atoms with van der Waals surface area (Å²) < 4.78 is 25.0. The average Bonchev–Trinajstić information content (AvgIpc) is 3.83. The number of nitrogens with zero attached hydrogens (tertiary/aromatic N) is 5. The fraction of sp³-hybridized carbons (Fsp3) is 0.267. The first-order valence-corrected chi connectivity index (χ1v) is 15.2. The van der Waals surface area contributed by atoms with Crippen molar-refractivity contribution in [1.82, 2.24) is 24.5 Å². The van der Waals surface area contributed by atoms with Crippen LogP contribution in [0.15, 0.2) is 64.5 Å². The molecule has 1 aliphatic heterocycles. The van der Waals surface area contributed by atoms with Crippen LogP contribution in [-0.4, -0.2) is 57.7 Å². The topological polar surface area (TPSA) is 104 Å².